The van der Waals surface area contributed by atoms with Crippen LogP contribution in [-0.2, 0) is 31.3 Å². The molecule has 0 spiro atoms. The molecule has 0 atom stereocenters. The Bertz CT molecular complexity index is 791. The third-order valence-electron chi connectivity index (χ3n) is 3.10. The van der Waals surface area contributed by atoms with Crippen molar-refractivity contribution >= 4 is 33.5 Å². The van der Waals surface area contributed by atoms with Crippen molar-refractivity contribution in [2.45, 2.75) is 13.8 Å². The summed E-state index contributed by atoms with van der Waals surface area (Å²) in [6, 6.07) is 29.3. The summed E-state index contributed by atoms with van der Waals surface area (Å²) in [6.07, 6.45) is 0. The Balaban J connectivity index is 0.000000357. The molecule has 0 saturated carbocycles. The minimum atomic E-state index is -0.833. The Labute approximate surface area is 173 Å². The van der Waals surface area contributed by atoms with Crippen molar-refractivity contribution in [1.82, 2.24) is 0 Å². The predicted octanol–water partition coefficient (Wildman–Crippen LogP) is 5.30. The topological polar surface area (TPSA) is 74.6 Å². The van der Waals surface area contributed by atoms with Gasteiger partial charge in [-0.25, -0.2) is 0 Å². The standard InChI is InChI=1S/2C9H7.2C2H4O2.Ti/c2*1-2-5-9-7-3-6-8(9)4-1;2*1-2(3)4;/h2*1-7H;2*1H3,(H,3,4);/q2*-1;;;+2. The van der Waals surface area contributed by atoms with E-state index >= 15 is 0 Å². The number of carboxylic acids is 2. The van der Waals surface area contributed by atoms with Crippen molar-refractivity contribution in [2.24, 2.45) is 0 Å². The summed E-state index contributed by atoms with van der Waals surface area (Å²) >= 11 is 0. The van der Waals surface area contributed by atoms with Crippen molar-refractivity contribution in [3.8, 4) is 0 Å². The first-order valence-electron chi connectivity index (χ1n) is 8.00. The Morgan fingerprint density at radius 1 is 0.667 bits per heavy atom. The summed E-state index contributed by atoms with van der Waals surface area (Å²) in [4.78, 5) is 18.0. The summed E-state index contributed by atoms with van der Waals surface area (Å²) in [7, 11) is 0. The van der Waals surface area contributed by atoms with E-state index in [1.165, 1.54) is 21.5 Å². The largest absolute Gasteiger partial charge is 2.00 e. The molecule has 0 amide bonds. The maximum absolute atomic E-state index is 9.00. The minimum Gasteiger partial charge on any atom is -0.481 e. The molecule has 0 bridgehead atoms. The molecule has 0 aliphatic carbocycles. The fourth-order valence-corrected chi connectivity index (χ4v) is 2.14. The Morgan fingerprint density at radius 3 is 1.26 bits per heavy atom. The summed E-state index contributed by atoms with van der Waals surface area (Å²) in [6.45, 7) is 2.17. The van der Waals surface area contributed by atoms with Crippen LogP contribution in [-0.4, -0.2) is 22.2 Å². The van der Waals surface area contributed by atoms with Gasteiger partial charge in [-0.2, -0.15) is 35.0 Å². The Hall–Kier alpha value is -2.69. The van der Waals surface area contributed by atoms with Gasteiger partial charge in [-0.1, -0.05) is 12.1 Å². The zero-order chi connectivity index (χ0) is 19.4. The molecule has 0 aromatic heterocycles. The van der Waals surface area contributed by atoms with E-state index in [0.29, 0.717) is 0 Å². The van der Waals surface area contributed by atoms with Crippen molar-refractivity contribution in [3.63, 3.8) is 0 Å². The second kappa shape index (κ2) is 13.5. The van der Waals surface area contributed by atoms with Gasteiger partial charge in [-0.3, -0.25) is 9.59 Å². The first-order valence-corrected chi connectivity index (χ1v) is 8.00. The van der Waals surface area contributed by atoms with Gasteiger partial charge >= 0.3 is 21.7 Å². The molecule has 0 saturated heterocycles. The van der Waals surface area contributed by atoms with Crippen LogP contribution in [0.2, 0.25) is 0 Å². The number of rotatable bonds is 0. The average Bonchev–Trinajstić information content (AvgIpc) is 3.23. The fourth-order valence-electron chi connectivity index (χ4n) is 2.14. The number of hydrogen-bond acceptors (Lipinski definition) is 2. The second-order valence-electron chi connectivity index (χ2n) is 5.35. The zero-order valence-electron chi connectivity index (χ0n) is 15.3. The molecule has 2 N–H and O–H groups in total. The zero-order valence-corrected chi connectivity index (χ0v) is 16.9. The van der Waals surface area contributed by atoms with E-state index in [9.17, 15) is 0 Å². The molecule has 138 valence electrons. The maximum atomic E-state index is 9.00. The van der Waals surface area contributed by atoms with Gasteiger partial charge < -0.3 is 10.2 Å². The first kappa shape index (κ1) is 24.3. The normalized spacial score (nSPS) is 8.67. The van der Waals surface area contributed by atoms with Crippen LogP contribution in [0.1, 0.15) is 13.8 Å². The minimum absolute atomic E-state index is 0. The summed E-state index contributed by atoms with van der Waals surface area (Å²) in [5.74, 6) is -1.67. The molecule has 0 aliphatic rings. The molecule has 0 aliphatic heterocycles. The number of carboxylic acid groups (broad SMARTS) is 2. The fraction of sp³-hybridized carbons (Fsp3) is 0.0909. The van der Waals surface area contributed by atoms with E-state index in [1.54, 1.807) is 0 Å². The number of hydrogen-bond donors (Lipinski definition) is 2. The molecule has 0 unspecified atom stereocenters. The van der Waals surface area contributed by atoms with Gasteiger partial charge in [0.1, 0.15) is 0 Å². The van der Waals surface area contributed by atoms with Crippen LogP contribution in [0.4, 0.5) is 0 Å². The van der Waals surface area contributed by atoms with Crippen molar-refractivity contribution < 1.29 is 41.5 Å². The van der Waals surface area contributed by atoms with E-state index in [4.69, 9.17) is 19.8 Å². The first-order chi connectivity index (χ1) is 12.4. The summed E-state index contributed by atoms with van der Waals surface area (Å²) < 4.78 is 0. The van der Waals surface area contributed by atoms with Crippen molar-refractivity contribution in [3.05, 3.63) is 84.9 Å². The van der Waals surface area contributed by atoms with Gasteiger partial charge in [0.2, 0.25) is 0 Å². The Morgan fingerprint density at radius 2 is 0.963 bits per heavy atom. The quantitative estimate of drug-likeness (QED) is 0.312. The number of benzene rings is 2. The van der Waals surface area contributed by atoms with Gasteiger partial charge in [0, 0.05) is 13.8 Å². The van der Waals surface area contributed by atoms with Crippen LogP contribution >= 0.6 is 0 Å². The molecule has 4 aromatic rings. The second-order valence-corrected chi connectivity index (χ2v) is 5.35. The summed E-state index contributed by atoms with van der Waals surface area (Å²) in [5.41, 5.74) is 0. The monoisotopic (exact) mass is 398 g/mol. The molecule has 4 nitrogen and oxygen atoms in total. The van der Waals surface area contributed by atoms with Crippen LogP contribution in [0, 0.1) is 0 Å². The predicted molar refractivity (Wildman–Crippen MR) is 106 cm³/mol. The van der Waals surface area contributed by atoms with E-state index in [2.05, 4.69) is 84.9 Å². The molecular weight excluding hydrogens is 376 g/mol. The van der Waals surface area contributed by atoms with E-state index in [1.807, 2.05) is 0 Å². The van der Waals surface area contributed by atoms with Crippen LogP contribution in [0.3, 0.4) is 0 Å². The van der Waals surface area contributed by atoms with E-state index in [-0.39, 0.29) is 21.7 Å². The van der Waals surface area contributed by atoms with Crippen LogP contribution < -0.4 is 0 Å². The van der Waals surface area contributed by atoms with Crippen LogP contribution in [0.15, 0.2) is 84.9 Å². The van der Waals surface area contributed by atoms with Gasteiger partial charge in [0.15, 0.2) is 0 Å². The van der Waals surface area contributed by atoms with Crippen LogP contribution in [0.25, 0.3) is 21.5 Å². The van der Waals surface area contributed by atoms with Crippen LogP contribution in [0.5, 0.6) is 0 Å². The smallest absolute Gasteiger partial charge is 0.481 e. The third kappa shape index (κ3) is 10.8. The molecule has 0 heterocycles. The molecule has 4 aromatic carbocycles. The Kier molecular flexibility index (Phi) is 12.2. The number of aliphatic carboxylic acids is 2. The van der Waals surface area contributed by atoms with E-state index < -0.39 is 11.9 Å². The van der Waals surface area contributed by atoms with Crippen molar-refractivity contribution in [1.29, 1.82) is 0 Å². The molecular formula is C22H22O4Ti. The van der Waals surface area contributed by atoms with Gasteiger partial charge in [0.05, 0.1) is 0 Å². The molecule has 0 fully saturated rings. The maximum Gasteiger partial charge on any atom is 2.00 e. The molecule has 5 heteroatoms. The average molecular weight is 398 g/mol. The third-order valence-corrected chi connectivity index (χ3v) is 3.10. The van der Waals surface area contributed by atoms with Crippen molar-refractivity contribution in [2.75, 3.05) is 0 Å². The SMILES string of the molecule is CC(=O)O.CC(=O)O.[Ti+2].c1ccc2[cH-]ccc2c1.c1ccc2[cH-]ccc2c1. The summed E-state index contributed by atoms with van der Waals surface area (Å²) in [5, 5.41) is 20.2. The molecule has 27 heavy (non-hydrogen) atoms. The number of fused-ring (bicyclic) bond motifs is 2. The van der Waals surface area contributed by atoms with Gasteiger partial charge in [0.25, 0.3) is 11.9 Å². The van der Waals surface area contributed by atoms with Gasteiger partial charge in [-0.15, -0.1) is 59.3 Å². The van der Waals surface area contributed by atoms with E-state index in [0.717, 1.165) is 13.8 Å². The molecule has 4 rings (SSSR count). The molecule has 0 radical (unpaired) electrons. The number of carbonyl (C=O) groups is 2. The van der Waals surface area contributed by atoms with Gasteiger partial charge in [-0.05, 0) is 0 Å².